The molecule has 1 fully saturated rings. The summed E-state index contributed by atoms with van der Waals surface area (Å²) in [6.45, 7) is 0.675. The third-order valence-electron chi connectivity index (χ3n) is 4.36. The van der Waals surface area contributed by atoms with Crippen LogP contribution in [0.25, 0.3) is 0 Å². The fraction of sp³-hybridized carbons (Fsp3) is 0.333. The highest BCUT2D eigenvalue weighted by molar-refractivity contribution is 6.30. The van der Waals surface area contributed by atoms with Gasteiger partial charge in [-0.1, -0.05) is 23.7 Å². The van der Waals surface area contributed by atoms with Crippen LogP contribution in [0, 0.1) is 0 Å². The predicted octanol–water partition coefficient (Wildman–Crippen LogP) is 3.40. The molecule has 0 radical (unpaired) electrons. The number of hydrogen-bond acceptors (Lipinski definition) is 3. The zero-order valence-electron chi connectivity index (χ0n) is 13.4. The van der Waals surface area contributed by atoms with Crippen LogP contribution in [0.5, 0.6) is 5.75 Å². The molecular weight excluding hydrogens is 328 g/mol. The predicted molar refractivity (Wildman–Crippen MR) is 92.7 cm³/mol. The average Bonchev–Trinajstić information content (AvgIpc) is 2.61. The van der Waals surface area contributed by atoms with Gasteiger partial charge in [0.2, 0.25) is 0 Å². The molecule has 1 aromatic carbocycles. The summed E-state index contributed by atoms with van der Waals surface area (Å²) in [5.41, 5.74) is 1.14. The smallest absolute Gasteiger partial charge is 0.259 e. The van der Waals surface area contributed by atoms with Gasteiger partial charge in [-0.05, 0) is 37.0 Å². The number of hydrogen-bond donors (Lipinski definition) is 1. The molecule has 1 aliphatic rings. The molecule has 1 aromatic heterocycles. The van der Waals surface area contributed by atoms with Crippen LogP contribution < -0.4 is 10.3 Å². The Morgan fingerprint density at radius 2 is 2.04 bits per heavy atom. The molecule has 0 saturated carbocycles. The SMILES string of the molecule is COc1cc(=O)[nH]cc1C(=O)N1CCCCC1c1ccc(Cl)cc1. The van der Waals surface area contributed by atoms with Crippen LogP contribution in [-0.2, 0) is 0 Å². The number of likely N-dealkylation sites (tertiary alicyclic amines) is 1. The number of carbonyl (C=O) groups is 1. The molecule has 0 bridgehead atoms. The summed E-state index contributed by atoms with van der Waals surface area (Å²) in [7, 11) is 1.46. The molecule has 126 valence electrons. The number of halogens is 1. The Morgan fingerprint density at radius 3 is 2.75 bits per heavy atom. The molecule has 1 atom stereocenters. The Balaban J connectivity index is 1.94. The largest absolute Gasteiger partial charge is 0.496 e. The number of carbonyl (C=O) groups excluding carboxylic acids is 1. The average molecular weight is 347 g/mol. The molecule has 5 nitrogen and oxygen atoms in total. The highest BCUT2D eigenvalue weighted by Crippen LogP contribution is 2.33. The van der Waals surface area contributed by atoms with E-state index in [2.05, 4.69) is 4.98 Å². The van der Waals surface area contributed by atoms with Gasteiger partial charge < -0.3 is 14.6 Å². The van der Waals surface area contributed by atoms with Crippen molar-refractivity contribution in [2.45, 2.75) is 25.3 Å². The van der Waals surface area contributed by atoms with E-state index in [-0.39, 0.29) is 17.5 Å². The number of H-pyrrole nitrogens is 1. The summed E-state index contributed by atoms with van der Waals surface area (Å²) in [5.74, 6) is 0.159. The third-order valence-corrected chi connectivity index (χ3v) is 4.61. The van der Waals surface area contributed by atoms with E-state index < -0.39 is 0 Å². The Morgan fingerprint density at radius 1 is 1.29 bits per heavy atom. The number of amides is 1. The summed E-state index contributed by atoms with van der Waals surface area (Å²) < 4.78 is 5.21. The standard InChI is InChI=1S/C18H19ClN2O3/c1-24-16-10-17(22)20-11-14(16)18(23)21-9-3-2-4-15(21)12-5-7-13(19)8-6-12/h5-8,10-11,15H,2-4,9H2,1H3,(H,20,22). The van der Waals surface area contributed by atoms with Crippen LogP contribution in [0.15, 0.2) is 41.3 Å². The van der Waals surface area contributed by atoms with E-state index in [0.717, 1.165) is 24.8 Å². The van der Waals surface area contributed by atoms with Crippen LogP contribution in [-0.4, -0.2) is 29.4 Å². The van der Waals surface area contributed by atoms with Gasteiger partial charge in [-0.25, -0.2) is 0 Å². The maximum atomic E-state index is 13.0. The van der Waals surface area contributed by atoms with E-state index in [1.807, 2.05) is 29.2 Å². The summed E-state index contributed by atoms with van der Waals surface area (Å²) in [6, 6.07) is 8.91. The molecule has 2 heterocycles. The van der Waals surface area contributed by atoms with Crippen molar-refractivity contribution in [2.24, 2.45) is 0 Å². The maximum Gasteiger partial charge on any atom is 0.259 e. The Labute approximate surface area is 145 Å². The van der Waals surface area contributed by atoms with Gasteiger partial charge >= 0.3 is 0 Å². The van der Waals surface area contributed by atoms with Gasteiger partial charge in [0.05, 0.1) is 18.7 Å². The van der Waals surface area contributed by atoms with Gasteiger partial charge in [-0.3, -0.25) is 9.59 Å². The number of pyridine rings is 1. The fourth-order valence-electron chi connectivity index (χ4n) is 3.15. The molecule has 24 heavy (non-hydrogen) atoms. The molecule has 1 amide bonds. The maximum absolute atomic E-state index is 13.0. The zero-order chi connectivity index (χ0) is 17.1. The van der Waals surface area contributed by atoms with Crippen molar-refractivity contribution in [1.29, 1.82) is 0 Å². The summed E-state index contributed by atoms with van der Waals surface area (Å²) in [6.07, 6.45) is 4.36. The first-order valence-corrected chi connectivity index (χ1v) is 8.31. The van der Waals surface area contributed by atoms with Crippen LogP contribution in [0.3, 0.4) is 0 Å². The van der Waals surface area contributed by atoms with E-state index in [9.17, 15) is 9.59 Å². The number of benzene rings is 1. The van der Waals surface area contributed by atoms with Crippen LogP contribution in [0.2, 0.25) is 5.02 Å². The molecule has 1 N–H and O–H groups in total. The molecule has 0 aliphatic carbocycles. The number of piperidine rings is 1. The van der Waals surface area contributed by atoms with Gasteiger partial charge in [-0.15, -0.1) is 0 Å². The lowest BCUT2D eigenvalue weighted by molar-refractivity contribution is 0.0607. The van der Waals surface area contributed by atoms with Crippen LogP contribution in [0.4, 0.5) is 0 Å². The monoisotopic (exact) mass is 346 g/mol. The van der Waals surface area contributed by atoms with Gasteiger partial charge in [0.1, 0.15) is 5.75 Å². The number of rotatable bonds is 3. The molecule has 6 heteroatoms. The first kappa shape index (κ1) is 16.6. The van der Waals surface area contributed by atoms with Crippen molar-refractivity contribution in [3.8, 4) is 5.75 Å². The number of nitrogens with one attached hydrogen (secondary N) is 1. The Bertz CT molecular complexity index is 786. The molecule has 0 spiro atoms. The molecular formula is C18H19ClN2O3. The van der Waals surface area contributed by atoms with Gasteiger partial charge in [0.15, 0.2) is 0 Å². The van der Waals surface area contributed by atoms with Crippen LogP contribution >= 0.6 is 11.6 Å². The lowest BCUT2D eigenvalue weighted by Gasteiger charge is -2.36. The molecule has 2 aromatic rings. The van der Waals surface area contributed by atoms with Crippen molar-refractivity contribution in [3.05, 3.63) is 63.0 Å². The normalized spacial score (nSPS) is 17.6. The minimum atomic E-state index is -0.295. The minimum Gasteiger partial charge on any atom is -0.496 e. The van der Waals surface area contributed by atoms with Crippen LogP contribution in [0.1, 0.15) is 41.2 Å². The zero-order valence-corrected chi connectivity index (χ0v) is 14.2. The lowest BCUT2D eigenvalue weighted by atomic mass is 9.94. The molecule has 1 unspecified atom stereocenters. The van der Waals surface area contributed by atoms with E-state index in [1.165, 1.54) is 19.4 Å². The summed E-state index contributed by atoms with van der Waals surface area (Å²) in [5, 5.41) is 0.676. The van der Waals surface area contributed by atoms with Crippen molar-refractivity contribution in [1.82, 2.24) is 9.88 Å². The lowest BCUT2D eigenvalue weighted by Crippen LogP contribution is -2.38. The summed E-state index contributed by atoms with van der Waals surface area (Å²) in [4.78, 5) is 28.9. The highest BCUT2D eigenvalue weighted by atomic mass is 35.5. The van der Waals surface area contributed by atoms with Crippen molar-refractivity contribution in [3.63, 3.8) is 0 Å². The summed E-state index contributed by atoms with van der Waals surface area (Å²) >= 11 is 5.97. The van der Waals surface area contributed by atoms with Gasteiger partial charge in [-0.2, -0.15) is 0 Å². The van der Waals surface area contributed by atoms with E-state index in [1.54, 1.807) is 0 Å². The van der Waals surface area contributed by atoms with E-state index in [4.69, 9.17) is 16.3 Å². The van der Waals surface area contributed by atoms with E-state index in [0.29, 0.717) is 22.9 Å². The third kappa shape index (κ3) is 3.31. The Hall–Kier alpha value is -2.27. The van der Waals surface area contributed by atoms with Gasteiger partial charge in [0, 0.05) is 23.8 Å². The quantitative estimate of drug-likeness (QED) is 0.926. The fourth-order valence-corrected chi connectivity index (χ4v) is 3.28. The second-order valence-corrected chi connectivity index (χ2v) is 6.28. The van der Waals surface area contributed by atoms with Crippen molar-refractivity contribution >= 4 is 17.5 Å². The number of ether oxygens (including phenoxy) is 1. The molecule has 1 saturated heterocycles. The van der Waals surface area contributed by atoms with Gasteiger partial charge in [0.25, 0.3) is 11.5 Å². The first-order valence-electron chi connectivity index (χ1n) is 7.93. The van der Waals surface area contributed by atoms with E-state index >= 15 is 0 Å². The number of aromatic amines is 1. The number of nitrogens with zero attached hydrogens (tertiary/aromatic N) is 1. The van der Waals surface area contributed by atoms with Crippen molar-refractivity contribution < 1.29 is 9.53 Å². The number of aromatic nitrogens is 1. The Kier molecular flexibility index (Phi) is 4.90. The second-order valence-electron chi connectivity index (χ2n) is 5.84. The molecule has 3 rings (SSSR count). The topological polar surface area (TPSA) is 62.4 Å². The highest BCUT2D eigenvalue weighted by Gasteiger charge is 2.30. The van der Waals surface area contributed by atoms with Crippen molar-refractivity contribution in [2.75, 3.05) is 13.7 Å². The minimum absolute atomic E-state index is 0.000140. The number of methoxy groups -OCH3 is 1. The molecule has 1 aliphatic heterocycles. The second kappa shape index (κ2) is 7.09. The first-order chi connectivity index (χ1) is 11.6.